The van der Waals surface area contributed by atoms with Crippen molar-refractivity contribution >= 4 is 22.7 Å². The topological polar surface area (TPSA) is 45.2 Å². The minimum atomic E-state index is -1.18. The Morgan fingerprint density at radius 3 is 2.15 bits per heavy atom. The van der Waals surface area contributed by atoms with Gasteiger partial charge in [0.2, 0.25) is 0 Å². The van der Waals surface area contributed by atoms with Crippen LogP contribution in [0, 0.1) is 20.8 Å². The van der Waals surface area contributed by atoms with Gasteiger partial charge in [0.25, 0.3) is 0 Å². The van der Waals surface area contributed by atoms with Crippen molar-refractivity contribution in [3.63, 3.8) is 0 Å². The molecule has 2 aliphatic heterocycles. The highest BCUT2D eigenvalue weighted by atomic mass is 32.1. The van der Waals surface area contributed by atoms with Crippen molar-refractivity contribution < 1.29 is 14.6 Å². The smallest absolute Gasteiger partial charge is 0.166 e. The molecular formula is C28H34N2O3S. The first-order chi connectivity index (χ1) is 16.2. The van der Waals surface area contributed by atoms with Crippen molar-refractivity contribution in [2.75, 3.05) is 43.1 Å². The standard InChI is InChI=1S/C28H34N2O3S/c1-18-19(2)26-24(28(31,27(4,5)33-26)23-8-7-17-34-23)20(3)25(18)30-15-13-29(14-16-30)21-9-11-22(32-6)12-10-21/h7-12,17,31H,13-16H2,1-6H3. The highest BCUT2D eigenvalue weighted by Crippen LogP contribution is 2.57. The van der Waals surface area contributed by atoms with Gasteiger partial charge < -0.3 is 24.4 Å². The van der Waals surface area contributed by atoms with Gasteiger partial charge in [-0.3, -0.25) is 0 Å². The Morgan fingerprint density at radius 2 is 1.56 bits per heavy atom. The molecule has 1 atom stereocenters. The van der Waals surface area contributed by atoms with E-state index < -0.39 is 11.2 Å². The van der Waals surface area contributed by atoms with Crippen molar-refractivity contribution in [1.82, 2.24) is 0 Å². The Labute approximate surface area is 206 Å². The van der Waals surface area contributed by atoms with Gasteiger partial charge in [0.1, 0.15) is 17.1 Å². The van der Waals surface area contributed by atoms with Gasteiger partial charge in [-0.15, -0.1) is 11.3 Å². The van der Waals surface area contributed by atoms with Gasteiger partial charge in [0.15, 0.2) is 5.60 Å². The van der Waals surface area contributed by atoms with E-state index in [-0.39, 0.29) is 0 Å². The summed E-state index contributed by atoms with van der Waals surface area (Å²) >= 11 is 1.59. The zero-order chi connectivity index (χ0) is 24.3. The van der Waals surface area contributed by atoms with Gasteiger partial charge in [-0.25, -0.2) is 0 Å². The summed E-state index contributed by atoms with van der Waals surface area (Å²) in [4.78, 5) is 5.84. The second kappa shape index (κ2) is 8.21. The molecule has 0 spiro atoms. The molecular weight excluding hydrogens is 444 g/mol. The van der Waals surface area contributed by atoms with E-state index in [2.05, 4.69) is 42.7 Å². The third kappa shape index (κ3) is 3.30. The highest BCUT2D eigenvalue weighted by molar-refractivity contribution is 7.10. The number of anilines is 2. The van der Waals surface area contributed by atoms with Crippen LogP contribution in [0.5, 0.6) is 11.5 Å². The van der Waals surface area contributed by atoms with Crippen molar-refractivity contribution in [3.8, 4) is 11.5 Å². The number of thiophene rings is 1. The molecule has 5 rings (SSSR count). The zero-order valence-electron chi connectivity index (χ0n) is 20.9. The quantitative estimate of drug-likeness (QED) is 0.543. The van der Waals surface area contributed by atoms with Crippen LogP contribution in [0.4, 0.5) is 11.4 Å². The molecule has 1 unspecified atom stereocenters. The maximum absolute atomic E-state index is 12.2. The lowest BCUT2D eigenvalue weighted by molar-refractivity contribution is -0.0621. The molecule has 2 aromatic carbocycles. The lowest BCUT2D eigenvalue weighted by Crippen LogP contribution is -2.48. The van der Waals surface area contributed by atoms with E-state index >= 15 is 0 Å². The molecule has 1 aromatic heterocycles. The van der Waals surface area contributed by atoms with E-state index in [1.165, 1.54) is 16.9 Å². The molecule has 0 amide bonds. The van der Waals surface area contributed by atoms with E-state index in [0.717, 1.165) is 59.2 Å². The van der Waals surface area contributed by atoms with E-state index in [9.17, 15) is 5.11 Å². The second-order valence-corrected chi connectivity index (χ2v) is 10.8. The van der Waals surface area contributed by atoms with Crippen molar-refractivity contribution in [2.24, 2.45) is 0 Å². The average Bonchev–Trinajstić information content (AvgIpc) is 3.44. The third-order valence-electron chi connectivity index (χ3n) is 7.72. The summed E-state index contributed by atoms with van der Waals surface area (Å²) in [5.41, 5.74) is 4.93. The number of hydrogen-bond donors (Lipinski definition) is 1. The summed E-state index contributed by atoms with van der Waals surface area (Å²) in [6.45, 7) is 14.2. The number of hydrogen-bond acceptors (Lipinski definition) is 6. The van der Waals surface area contributed by atoms with Crippen molar-refractivity contribution in [1.29, 1.82) is 0 Å². The Hall–Kier alpha value is -2.70. The largest absolute Gasteiger partial charge is 0.497 e. The van der Waals surface area contributed by atoms with Crippen LogP contribution in [0.1, 0.15) is 41.0 Å². The summed E-state index contributed by atoms with van der Waals surface area (Å²) in [7, 11) is 1.70. The molecule has 6 heteroatoms. The Bertz CT molecular complexity index is 1200. The number of nitrogens with zero attached hydrogens (tertiary/aromatic N) is 2. The Balaban J connectivity index is 1.51. The van der Waals surface area contributed by atoms with E-state index in [1.54, 1.807) is 18.4 Å². The fourth-order valence-corrected chi connectivity index (χ4v) is 6.64. The molecule has 2 aliphatic rings. The van der Waals surface area contributed by atoms with Crippen LogP contribution in [-0.2, 0) is 5.60 Å². The van der Waals surface area contributed by atoms with Gasteiger partial charge in [-0.2, -0.15) is 0 Å². The number of aliphatic hydroxyl groups is 1. The first-order valence-electron chi connectivity index (χ1n) is 11.9. The minimum Gasteiger partial charge on any atom is -0.497 e. The van der Waals surface area contributed by atoms with Gasteiger partial charge in [0.05, 0.1) is 7.11 Å². The summed E-state index contributed by atoms with van der Waals surface area (Å²) in [6.07, 6.45) is 0. The Morgan fingerprint density at radius 1 is 0.912 bits per heavy atom. The summed E-state index contributed by atoms with van der Waals surface area (Å²) in [6, 6.07) is 12.3. The molecule has 0 radical (unpaired) electrons. The Kier molecular flexibility index (Phi) is 5.57. The minimum absolute atomic E-state index is 0.756. The van der Waals surface area contributed by atoms with E-state index in [0.29, 0.717) is 0 Å². The van der Waals surface area contributed by atoms with E-state index in [4.69, 9.17) is 9.47 Å². The van der Waals surface area contributed by atoms with Gasteiger partial charge in [-0.1, -0.05) is 6.07 Å². The van der Waals surface area contributed by atoms with Crippen LogP contribution in [0.3, 0.4) is 0 Å². The van der Waals surface area contributed by atoms with Gasteiger partial charge in [-0.05, 0) is 87.0 Å². The van der Waals surface area contributed by atoms with Gasteiger partial charge >= 0.3 is 0 Å². The van der Waals surface area contributed by atoms with Crippen LogP contribution in [0.2, 0.25) is 0 Å². The molecule has 1 N–H and O–H groups in total. The second-order valence-electron chi connectivity index (χ2n) is 9.90. The zero-order valence-corrected chi connectivity index (χ0v) is 21.8. The fraction of sp³-hybridized carbons (Fsp3) is 0.429. The lowest BCUT2D eigenvalue weighted by Gasteiger charge is -2.40. The third-order valence-corrected chi connectivity index (χ3v) is 8.70. The molecule has 0 saturated carbocycles. The average molecular weight is 479 g/mol. The molecule has 0 aliphatic carbocycles. The maximum atomic E-state index is 12.2. The number of ether oxygens (including phenoxy) is 2. The fourth-order valence-electron chi connectivity index (χ4n) is 5.66. The van der Waals surface area contributed by atoms with Crippen molar-refractivity contribution in [3.05, 3.63) is 68.9 Å². The number of fused-ring (bicyclic) bond motifs is 1. The SMILES string of the molecule is COc1ccc(N2CCN(c3c(C)c(C)c4c(c3C)C(O)(c3cccs3)C(C)(C)O4)CC2)cc1. The summed E-state index contributed by atoms with van der Waals surface area (Å²) in [5.74, 6) is 1.72. The molecule has 5 nitrogen and oxygen atoms in total. The van der Waals surface area contributed by atoms with Crippen LogP contribution in [-0.4, -0.2) is 44.0 Å². The highest BCUT2D eigenvalue weighted by Gasteiger charge is 2.57. The molecule has 1 fully saturated rings. The lowest BCUT2D eigenvalue weighted by atomic mass is 9.77. The first-order valence-corrected chi connectivity index (χ1v) is 12.8. The molecule has 0 bridgehead atoms. The monoisotopic (exact) mass is 478 g/mol. The predicted octanol–water partition coefficient (Wildman–Crippen LogP) is 5.42. The number of methoxy groups -OCH3 is 1. The summed E-state index contributed by atoms with van der Waals surface area (Å²) < 4.78 is 11.8. The molecule has 180 valence electrons. The van der Waals surface area contributed by atoms with Crippen LogP contribution in [0.25, 0.3) is 0 Å². The maximum Gasteiger partial charge on any atom is 0.166 e. The van der Waals surface area contributed by atoms with Crippen LogP contribution < -0.4 is 19.3 Å². The number of benzene rings is 2. The number of rotatable bonds is 4. The molecule has 1 saturated heterocycles. The normalized spacial score (nSPS) is 21.4. The van der Waals surface area contributed by atoms with Crippen molar-refractivity contribution in [2.45, 2.75) is 45.8 Å². The molecule has 34 heavy (non-hydrogen) atoms. The molecule has 3 heterocycles. The van der Waals surface area contributed by atoms with Crippen LogP contribution >= 0.6 is 11.3 Å². The molecule has 3 aromatic rings. The first kappa shape index (κ1) is 23.1. The summed E-state index contributed by atoms with van der Waals surface area (Å²) in [5, 5.41) is 14.3. The van der Waals surface area contributed by atoms with Gasteiger partial charge in [0, 0.05) is 48.0 Å². The van der Waals surface area contributed by atoms with E-state index in [1.807, 2.05) is 43.5 Å². The van der Waals surface area contributed by atoms with Crippen LogP contribution in [0.15, 0.2) is 41.8 Å². The number of piperazine rings is 1. The predicted molar refractivity (Wildman–Crippen MR) is 140 cm³/mol.